The average Bonchev–Trinajstić information content (AvgIpc) is 3.05. The number of aliphatic hydroxyl groups excluding tert-OH is 1. The van der Waals surface area contributed by atoms with E-state index in [0.29, 0.717) is 15.6 Å². The van der Waals surface area contributed by atoms with E-state index < -0.39 is 11.4 Å². The molecule has 0 spiro atoms. The highest BCUT2D eigenvalue weighted by Gasteiger charge is 2.46. The van der Waals surface area contributed by atoms with Gasteiger partial charge in [-0.15, -0.1) is 0 Å². The van der Waals surface area contributed by atoms with Gasteiger partial charge in [0.1, 0.15) is 5.82 Å². The average molecular weight is 453 g/mol. The van der Waals surface area contributed by atoms with Crippen LogP contribution in [0.1, 0.15) is 15.9 Å². The van der Waals surface area contributed by atoms with Crippen LogP contribution >= 0.6 is 28.1 Å². The summed E-state index contributed by atoms with van der Waals surface area (Å²) in [7, 11) is 0. The van der Waals surface area contributed by atoms with Gasteiger partial charge >= 0.3 is 0 Å². The number of rotatable bonds is 4. The summed E-state index contributed by atoms with van der Waals surface area (Å²) < 4.78 is 20.1. The summed E-state index contributed by atoms with van der Waals surface area (Å²) >= 11 is 8.61. The molecule has 2 aromatic rings. The van der Waals surface area contributed by atoms with Gasteiger partial charge in [-0.05, 0) is 48.1 Å². The van der Waals surface area contributed by atoms with Gasteiger partial charge in [0.2, 0.25) is 0 Å². The van der Waals surface area contributed by atoms with Crippen molar-refractivity contribution in [3.63, 3.8) is 0 Å². The summed E-state index contributed by atoms with van der Waals surface area (Å²) in [6.45, 7) is 0.277. The molecule has 0 aliphatic carbocycles. The number of thiocarbonyl (C=S) groups is 1. The van der Waals surface area contributed by atoms with E-state index in [1.54, 1.807) is 30.3 Å². The lowest BCUT2D eigenvalue weighted by atomic mass is 9.81. The first-order chi connectivity index (χ1) is 12.9. The number of hydrogen-bond donors (Lipinski definition) is 3. The predicted molar refractivity (Wildman–Crippen MR) is 107 cm³/mol. The Hall–Kier alpha value is -1.87. The third kappa shape index (κ3) is 4.35. The van der Waals surface area contributed by atoms with Crippen molar-refractivity contribution in [1.82, 2.24) is 10.6 Å². The van der Waals surface area contributed by atoms with Crippen molar-refractivity contribution in [1.29, 1.82) is 0 Å². The van der Waals surface area contributed by atoms with E-state index in [2.05, 4.69) is 26.6 Å². The molecular formula is C19H18BrFN2O3S. The van der Waals surface area contributed by atoms with E-state index in [-0.39, 0.29) is 36.8 Å². The summed E-state index contributed by atoms with van der Waals surface area (Å²) in [5.74, 6) is -1.15. The first-order valence-electron chi connectivity index (χ1n) is 8.28. The van der Waals surface area contributed by atoms with Gasteiger partial charge in [-0.3, -0.25) is 10.1 Å². The number of carbonyl (C=O) groups is 1. The van der Waals surface area contributed by atoms with Gasteiger partial charge in [0.05, 0.1) is 25.4 Å². The molecule has 2 atom stereocenters. The molecule has 3 rings (SSSR count). The molecule has 142 valence electrons. The van der Waals surface area contributed by atoms with Crippen molar-refractivity contribution < 1.29 is 19.0 Å². The molecule has 0 bridgehead atoms. The number of carbonyl (C=O) groups excluding carboxylic acids is 1. The minimum absolute atomic E-state index is 0.0770. The fraction of sp³-hybridized carbons (Fsp3) is 0.263. The van der Waals surface area contributed by atoms with Crippen LogP contribution in [0.3, 0.4) is 0 Å². The summed E-state index contributed by atoms with van der Waals surface area (Å²) in [4.78, 5) is 12.3. The van der Waals surface area contributed by atoms with E-state index in [9.17, 15) is 14.3 Å². The minimum Gasteiger partial charge on any atom is -0.396 e. The molecule has 1 heterocycles. The van der Waals surface area contributed by atoms with Crippen LogP contribution in [0, 0.1) is 11.7 Å². The van der Waals surface area contributed by atoms with Crippen molar-refractivity contribution in [2.45, 2.75) is 5.54 Å². The molecule has 0 radical (unpaired) electrons. The summed E-state index contributed by atoms with van der Waals surface area (Å²) in [5, 5.41) is 15.6. The molecule has 3 N–H and O–H groups in total. The Morgan fingerprint density at radius 1 is 1.33 bits per heavy atom. The second-order valence-electron chi connectivity index (χ2n) is 6.30. The lowest BCUT2D eigenvalue weighted by Gasteiger charge is -2.35. The normalized spacial score (nSPS) is 21.7. The summed E-state index contributed by atoms with van der Waals surface area (Å²) in [6, 6.07) is 13.1. The quantitative estimate of drug-likeness (QED) is 0.622. The largest absolute Gasteiger partial charge is 0.396 e. The lowest BCUT2D eigenvalue weighted by Crippen LogP contribution is -2.55. The van der Waals surface area contributed by atoms with E-state index in [1.165, 1.54) is 12.1 Å². The smallest absolute Gasteiger partial charge is 0.257 e. The first-order valence-corrected chi connectivity index (χ1v) is 9.48. The van der Waals surface area contributed by atoms with Gasteiger partial charge in [0.25, 0.3) is 5.91 Å². The molecule has 2 unspecified atom stereocenters. The topological polar surface area (TPSA) is 70.6 Å². The second kappa shape index (κ2) is 8.43. The summed E-state index contributed by atoms with van der Waals surface area (Å²) in [5.41, 5.74) is 0.0771. The number of halogens is 2. The van der Waals surface area contributed by atoms with Gasteiger partial charge in [0, 0.05) is 16.0 Å². The van der Waals surface area contributed by atoms with Crippen molar-refractivity contribution in [2.75, 3.05) is 19.8 Å². The Labute approximate surface area is 170 Å². The maximum Gasteiger partial charge on any atom is 0.257 e. The number of hydrogen-bond acceptors (Lipinski definition) is 4. The zero-order chi connectivity index (χ0) is 19.4. The van der Waals surface area contributed by atoms with Gasteiger partial charge < -0.3 is 15.2 Å². The fourth-order valence-corrected chi connectivity index (χ4v) is 3.91. The maximum atomic E-state index is 14.0. The molecule has 1 aliphatic heterocycles. The minimum atomic E-state index is -0.958. The van der Waals surface area contributed by atoms with Crippen LogP contribution in [0.2, 0.25) is 0 Å². The van der Waals surface area contributed by atoms with Crippen LogP contribution in [0.5, 0.6) is 0 Å². The van der Waals surface area contributed by atoms with Gasteiger partial charge in [-0.2, -0.15) is 0 Å². The number of benzene rings is 2. The molecule has 2 aromatic carbocycles. The van der Waals surface area contributed by atoms with E-state index in [0.717, 1.165) is 0 Å². The Morgan fingerprint density at radius 2 is 2.07 bits per heavy atom. The van der Waals surface area contributed by atoms with Gasteiger partial charge in [-0.1, -0.05) is 34.1 Å². The Morgan fingerprint density at radius 3 is 2.74 bits per heavy atom. The number of ether oxygens (including phenoxy) is 1. The van der Waals surface area contributed by atoms with Crippen LogP contribution in [0.25, 0.3) is 0 Å². The van der Waals surface area contributed by atoms with Crippen LogP contribution in [0.4, 0.5) is 4.39 Å². The Balaban J connectivity index is 1.86. The highest BCUT2D eigenvalue weighted by Crippen LogP contribution is 2.37. The van der Waals surface area contributed by atoms with Crippen LogP contribution in [-0.2, 0) is 10.3 Å². The third-order valence-electron chi connectivity index (χ3n) is 4.54. The predicted octanol–water partition coefficient (Wildman–Crippen LogP) is 2.73. The van der Waals surface area contributed by atoms with Crippen LogP contribution in [-0.4, -0.2) is 35.9 Å². The molecule has 0 saturated carbocycles. The molecule has 8 heteroatoms. The Bertz CT molecular complexity index is 832. The lowest BCUT2D eigenvalue weighted by molar-refractivity contribution is 0.0974. The zero-order valence-electron chi connectivity index (χ0n) is 14.2. The molecular weight excluding hydrogens is 435 g/mol. The molecule has 1 fully saturated rings. The highest BCUT2D eigenvalue weighted by atomic mass is 79.9. The maximum absolute atomic E-state index is 14.0. The third-order valence-corrected chi connectivity index (χ3v) is 5.21. The fourth-order valence-electron chi connectivity index (χ4n) is 3.17. The highest BCUT2D eigenvalue weighted by molar-refractivity contribution is 9.10. The summed E-state index contributed by atoms with van der Waals surface area (Å²) in [6.07, 6.45) is 0. The van der Waals surface area contributed by atoms with Gasteiger partial charge in [0.15, 0.2) is 5.11 Å². The molecule has 27 heavy (non-hydrogen) atoms. The van der Waals surface area contributed by atoms with Crippen LogP contribution < -0.4 is 10.6 Å². The van der Waals surface area contributed by atoms with Gasteiger partial charge in [-0.25, -0.2) is 4.39 Å². The van der Waals surface area contributed by atoms with Crippen molar-refractivity contribution in [2.24, 2.45) is 5.92 Å². The van der Waals surface area contributed by atoms with Crippen molar-refractivity contribution in [3.05, 3.63) is 69.9 Å². The molecule has 1 amide bonds. The SMILES string of the molecule is O=C(NC(=S)NC1(c2cc(F)cc(Br)c2)COCC1CO)c1ccccc1. The zero-order valence-corrected chi connectivity index (χ0v) is 16.6. The van der Waals surface area contributed by atoms with Crippen LogP contribution in [0.15, 0.2) is 53.0 Å². The standard InChI is InChI=1S/C19H18BrFN2O3S/c20-15-6-13(7-16(21)8-15)19(11-26-10-14(19)9-24)23-18(27)22-17(25)12-4-2-1-3-5-12/h1-8,14,24H,9-11H2,(H2,22,23,25,27). The monoisotopic (exact) mass is 452 g/mol. The van der Waals surface area contributed by atoms with E-state index in [4.69, 9.17) is 17.0 Å². The molecule has 0 aromatic heterocycles. The molecule has 1 saturated heterocycles. The number of aliphatic hydroxyl groups is 1. The van der Waals surface area contributed by atoms with Crippen molar-refractivity contribution in [3.8, 4) is 0 Å². The van der Waals surface area contributed by atoms with Crippen molar-refractivity contribution >= 4 is 39.2 Å². The number of amides is 1. The Kier molecular flexibility index (Phi) is 6.21. The van der Waals surface area contributed by atoms with E-state index in [1.807, 2.05) is 6.07 Å². The first kappa shape index (κ1) is 19.9. The second-order valence-corrected chi connectivity index (χ2v) is 7.62. The van der Waals surface area contributed by atoms with E-state index >= 15 is 0 Å². The number of nitrogens with one attached hydrogen (secondary N) is 2. The molecule has 1 aliphatic rings. The molecule has 5 nitrogen and oxygen atoms in total.